The standard InChI is InChI=1S/C14H14BrNO2S2/c1-10-4-5-12-11(9-10)3-2-8-16(12)20(17,18)14-7-6-13(15)19-14/h4-7,9H,2-3,8H2,1H3. The maximum atomic E-state index is 12.8. The summed E-state index contributed by atoms with van der Waals surface area (Å²) in [6, 6.07) is 9.41. The molecule has 20 heavy (non-hydrogen) atoms. The molecule has 0 fully saturated rings. The Bertz CT molecular complexity index is 752. The highest BCUT2D eigenvalue weighted by molar-refractivity contribution is 9.11. The number of hydrogen-bond acceptors (Lipinski definition) is 3. The van der Waals surface area contributed by atoms with Gasteiger partial charge in [0.2, 0.25) is 0 Å². The monoisotopic (exact) mass is 371 g/mol. The van der Waals surface area contributed by atoms with Crippen molar-refractivity contribution >= 4 is 43.0 Å². The van der Waals surface area contributed by atoms with Crippen molar-refractivity contribution in [2.24, 2.45) is 0 Å². The van der Waals surface area contributed by atoms with Gasteiger partial charge in [0.05, 0.1) is 9.47 Å². The fourth-order valence-corrected chi connectivity index (χ4v) is 6.15. The number of rotatable bonds is 2. The molecule has 1 aromatic heterocycles. The first-order valence-electron chi connectivity index (χ1n) is 6.36. The molecular formula is C14H14BrNO2S2. The molecular weight excluding hydrogens is 358 g/mol. The van der Waals surface area contributed by atoms with Crippen molar-refractivity contribution in [2.45, 2.75) is 24.0 Å². The number of aryl methyl sites for hydroxylation is 2. The average molecular weight is 372 g/mol. The van der Waals surface area contributed by atoms with E-state index in [0.29, 0.717) is 10.8 Å². The third-order valence-electron chi connectivity index (χ3n) is 3.40. The van der Waals surface area contributed by atoms with Crippen LogP contribution < -0.4 is 4.31 Å². The lowest BCUT2D eigenvalue weighted by atomic mass is 10.0. The van der Waals surface area contributed by atoms with Gasteiger partial charge in [-0.1, -0.05) is 17.7 Å². The van der Waals surface area contributed by atoms with Crippen LogP contribution in [0.1, 0.15) is 17.5 Å². The minimum atomic E-state index is -3.45. The van der Waals surface area contributed by atoms with Gasteiger partial charge in [-0.2, -0.15) is 0 Å². The molecule has 0 atom stereocenters. The predicted molar refractivity (Wildman–Crippen MR) is 86.1 cm³/mol. The van der Waals surface area contributed by atoms with Gasteiger partial charge in [0.15, 0.2) is 0 Å². The Balaban J connectivity index is 2.08. The van der Waals surface area contributed by atoms with E-state index in [1.54, 1.807) is 16.4 Å². The summed E-state index contributed by atoms with van der Waals surface area (Å²) in [4.78, 5) is 0. The number of anilines is 1. The summed E-state index contributed by atoms with van der Waals surface area (Å²) in [5, 5.41) is 0. The summed E-state index contributed by atoms with van der Waals surface area (Å²) < 4.78 is 28.3. The Morgan fingerprint density at radius 2 is 2.05 bits per heavy atom. The van der Waals surface area contributed by atoms with Crippen molar-refractivity contribution in [2.75, 3.05) is 10.8 Å². The fraction of sp³-hybridized carbons (Fsp3) is 0.286. The molecule has 0 saturated heterocycles. The summed E-state index contributed by atoms with van der Waals surface area (Å²) in [5.74, 6) is 0. The van der Waals surface area contributed by atoms with Crippen LogP contribution in [-0.4, -0.2) is 15.0 Å². The van der Waals surface area contributed by atoms with E-state index in [9.17, 15) is 8.42 Å². The maximum absolute atomic E-state index is 12.8. The second-order valence-electron chi connectivity index (χ2n) is 4.87. The van der Waals surface area contributed by atoms with E-state index in [4.69, 9.17) is 0 Å². The van der Waals surface area contributed by atoms with Crippen LogP contribution in [0.4, 0.5) is 5.69 Å². The molecule has 0 bridgehead atoms. The van der Waals surface area contributed by atoms with Crippen molar-refractivity contribution in [3.05, 3.63) is 45.2 Å². The number of halogens is 1. The van der Waals surface area contributed by atoms with Gasteiger partial charge in [-0.05, 0) is 59.5 Å². The second kappa shape index (κ2) is 5.16. The molecule has 1 aromatic carbocycles. The normalized spacial score (nSPS) is 15.2. The molecule has 106 valence electrons. The smallest absolute Gasteiger partial charge is 0.265 e. The molecule has 0 unspecified atom stereocenters. The van der Waals surface area contributed by atoms with E-state index in [0.717, 1.165) is 27.9 Å². The minimum Gasteiger partial charge on any atom is -0.265 e. The number of fused-ring (bicyclic) bond motifs is 1. The lowest BCUT2D eigenvalue weighted by Crippen LogP contribution is -2.35. The first-order valence-corrected chi connectivity index (χ1v) is 9.41. The highest BCUT2D eigenvalue weighted by Gasteiger charge is 2.30. The van der Waals surface area contributed by atoms with Gasteiger partial charge < -0.3 is 0 Å². The molecule has 0 amide bonds. The Morgan fingerprint density at radius 3 is 2.75 bits per heavy atom. The summed E-state index contributed by atoms with van der Waals surface area (Å²) >= 11 is 4.58. The van der Waals surface area contributed by atoms with E-state index in [1.165, 1.54) is 16.9 Å². The van der Waals surface area contributed by atoms with Crippen LogP contribution in [-0.2, 0) is 16.4 Å². The third kappa shape index (κ3) is 2.40. The SMILES string of the molecule is Cc1ccc2c(c1)CCCN2S(=O)(=O)c1ccc(Br)s1. The first kappa shape index (κ1) is 14.1. The molecule has 3 nitrogen and oxygen atoms in total. The van der Waals surface area contributed by atoms with Crippen LogP contribution in [0.3, 0.4) is 0 Å². The number of sulfonamides is 1. The summed E-state index contributed by atoms with van der Waals surface area (Å²) in [5.41, 5.74) is 3.11. The first-order chi connectivity index (χ1) is 9.48. The van der Waals surface area contributed by atoms with Gasteiger partial charge in [0.1, 0.15) is 4.21 Å². The van der Waals surface area contributed by atoms with E-state index in [1.807, 2.05) is 19.1 Å². The molecule has 2 heterocycles. The molecule has 0 N–H and O–H groups in total. The maximum Gasteiger partial charge on any atom is 0.273 e. The Kier molecular flexibility index (Phi) is 3.64. The van der Waals surface area contributed by atoms with Crippen molar-refractivity contribution in [1.82, 2.24) is 0 Å². The van der Waals surface area contributed by atoms with Crippen LogP contribution in [0.25, 0.3) is 0 Å². The molecule has 0 aliphatic carbocycles. The van der Waals surface area contributed by atoms with E-state index in [-0.39, 0.29) is 0 Å². The molecule has 6 heteroatoms. The number of hydrogen-bond donors (Lipinski definition) is 0. The lowest BCUT2D eigenvalue weighted by molar-refractivity contribution is 0.588. The molecule has 0 spiro atoms. The quantitative estimate of drug-likeness (QED) is 0.800. The van der Waals surface area contributed by atoms with Gasteiger partial charge in [0.25, 0.3) is 10.0 Å². The molecule has 0 saturated carbocycles. The zero-order valence-electron chi connectivity index (χ0n) is 11.0. The zero-order chi connectivity index (χ0) is 14.3. The number of nitrogens with zero attached hydrogens (tertiary/aromatic N) is 1. The molecule has 2 aromatic rings. The number of benzene rings is 1. The largest absolute Gasteiger partial charge is 0.273 e. The highest BCUT2D eigenvalue weighted by Crippen LogP contribution is 2.35. The van der Waals surface area contributed by atoms with Gasteiger partial charge in [0, 0.05) is 6.54 Å². The minimum absolute atomic E-state index is 0.387. The highest BCUT2D eigenvalue weighted by atomic mass is 79.9. The third-order valence-corrected chi connectivity index (χ3v) is 7.31. The van der Waals surface area contributed by atoms with Crippen LogP contribution in [0.15, 0.2) is 38.3 Å². The Labute approximate surface area is 131 Å². The fourth-order valence-electron chi connectivity index (χ4n) is 2.49. The second-order valence-corrected chi connectivity index (χ2v) is 9.42. The van der Waals surface area contributed by atoms with E-state index in [2.05, 4.69) is 22.0 Å². The van der Waals surface area contributed by atoms with E-state index < -0.39 is 10.0 Å². The van der Waals surface area contributed by atoms with Crippen LogP contribution in [0.2, 0.25) is 0 Å². The van der Waals surface area contributed by atoms with Gasteiger partial charge >= 0.3 is 0 Å². The predicted octanol–water partition coefficient (Wildman–Crippen LogP) is 3.96. The van der Waals surface area contributed by atoms with Crippen molar-refractivity contribution in [3.63, 3.8) is 0 Å². The lowest BCUT2D eigenvalue weighted by Gasteiger charge is -2.30. The van der Waals surface area contributed by atoms with Crippen molar-refractivity contribution < 1.29 is 8.42 Å². The Morgan fingerprint density at radius 1 is 1.25 bits per heavy atom. The average Bonchev–Trinajstić information content (AvgIpc) is 2.85. The molecule has 1 aliphatic heterocycles. The molecule has 3 rings (SSSR count). The van der Waals surface area contributed by atoms with Crippen LogP contribution >= 0.6 is 27.3 Å². The molecule has 0 radical (unpaired) electrons. The van der Waals surface area contributed by atoms with E-state index >= 15 is 0 Å². The molecule has 1 aliphatic rings. The van der Waals surface area contributed by atoms with Crippen molar-refractivity contribution in [3.8, 4) is 0 Å². The van der Waals surface area contributed by atoms with Gasteiger partial charge in [-0.25, -0.2) is 8.42 Å². The summed E-state index contributed by atoms with van der Waals surface area (Å²) in [6.45, 7) is 2.58. The van der Waals surface area contributed by atoms with Crippen LogP contribution in [0, 0.1) is 6.92 Å². The summed E-state index contributed by atoms with van der Waals surface area (Å²) in [6.07, 6.45) is 1.80. The number of thiophene rings is 1. The van der Waals surface area contributed by atoms with Gasteiger partial charge in [-0.15, -0.1) is 11.3 Å². The van der Waals surface area contributed by atoms with Gasteiger partial charge in [-0.3, -0.25) is 4.31 Å². The zero-order valence-corrected chi connectivity index (χ0v) is 14.2. The van der Waals surface area contributed by atoms with Crippen LogP contribution in [0.5, 0.6) is 0 Å². The van der Waals surface area contributed by atoms with Crippen molar-refractivity contribution in [1.29, 1.82) is 0 Å². The summed E-state index contributed by atoms with van der Waals surface area (Å²) in [7, 11) is -3.45. The Hall–Kier alpha value is -0.850. The topological polar surface area (TPSA) is 37.4 Å².